The first-order chi connectivity index (χ1) is 19.6. The van der Waals surface area contributed by atoms with Crippen molar-refractivity contribution in [2.45, 2.75) is 56.3 Å². The summed E-state index contributed by atoms with van der Waals surface area (Å²) in [5, 5.41) is 25.0. The lowest BCUT2D eigenvalue weighted by Crippen LogP contribution is -2.57. The van der Waals surface area contributed by atoms with Gasteiger partial charge in [-0.2, -0.15) is 0 Å². The molecule has 0 radical (unpaired) electrons. The summed E-state index contributed by atoms with van der Waals surface area (Å²) >= 11 is 0. The van der Waals surface area contributed by atoms with Gasteiger partial charge in [-0.25, -0.2) is 4.79 Å². The van der Waals surface area contributed by atoms with Gasteiger partial charge in [-0.3, -0.25) is 19.2 Å². The number of carboxylic acid groups (broad SMARTS) is 2. The Labute approximate surface area is 235 Å². The van der Waals surface area contributed by atoms with Gasteiger partial charge in [0.2, 0.25) is 17.7 Å². The molecule has 4 rings (SSSR count). The van der Waals surface area contributed by atoms with Crippen molar-refractivity contribution in [2.75, 3.05) is 6.54 Å². The lowest BCUT2D eigenvalue weighted by atomic mass is 10.0. The molecular formula is C29H33N5O7. The minimum atomic E-state index is -1.46. The summed E-state index contributed by atoms with van der Waals surface area (Å²) in [7, 11) is 0. The third kappa shape index (κ3) is 7.28. The molecule has 3 amide bonds. The predicted octanol–water partition coefficient (Wildman–Crippen LogP) is 0.800. The third-order valence-electron chi connectivity index (χ3n) is 7.18. The molecule has 0 saturated carbocycles. The van der Waals surface area contributed by atoms with Gasteiger partial charge in [-0.1, -0.05) is 48.5 Å². The summed E-state index contributed by atoms with van der Waals surface area (Å²) in [4.78, 5) is 67.3. The highest BCUT2D eigenvalue weighted by molar-refractivity contribution is 5.96. The van der Waals surface area contributed by atoms with Gasteiger partial charge in [-0.05, 0) is 36.5 Å². The molecule has 216 valence electrons. The van der Waals surface area contributed by atoms with E-state index in [1.807, 2.05) is 24.3 Å². The molecule has 0 aliphatic carbocycles. The fourth-order valence-electron chi connectivity index (χ4n) is 5.10. The van der Waals surface area contributed by atoms with Crippen LogP contribution in [0.25, 0.3) is 10.9 Å². The molecule has 1 saturated heterocycles. The largest absolute Gasteiger partial charge is 0.481 e. The van der Waals surface area contributed by atoms with E-state index in [4.69, 9.17) is 5.73 Å². The van der Waals surface area contributed by atoms with Crippen molar-refractivity contribution in [3.8, 4) is 0 Å². The van der Waals surface area contributed by atoms with E-state index in [0.717, 1.165) is 16.5 Å². The molecule has 0 bridgehead atoms. The number of nitrogens with zero attached hydrogens (tertiary/aromatic N) is 1. The standard InChI is InChI=1S/C29H33N5O7/c30-20(14-18-16-31-21-10-5-4-9-19(18)21)26(37)32-22(15-25(35)36)28(39)34-12-6-11-24(34)27(38)33-23(29(40)41)13-17-7-2-1-3-8-17/h1-5,7-10,16,20,22-24,31H,6,11-15,30H2,(H,32,37)(H,33,38)(H,35,36)(H,40,41)/t20-,22-,23-,24-/m0/s1. The molecule has 12 heteroatoms. The third-order valence-corrected chi connectivity index (χ3v) is 7.18. The lowest BCUT2D eigenvalue weighted by molar-refractivity contribution is -0.147. The van der Waals surface area contributed by atoms with Crippen LogP contribution in [-0.2, 0) is 36.8 Å². The van der Waals surface area contributed by atoms with Crippen LogP contribution in [-0.4, -0.2) is 80.5 Å². The molecule has 1 aliphatic rings. The number of carbonyl (C=O) groups excluding carboxylic acids is 3. The topological polar surface area (TPSA) is 195 Å². The first-order valence-corrected chi connectivity index (χ1v) is 13.3. The number of rotatable bonds is 12. The van der Waals surface area contributed by atoms with E-state index >= 15 is 0 Å². The Morgan fingerprint density at radius 1 is 0.951 bits per heavy atom. The van der Waals surface area contributed by atoms with Crippen LogP contribution < -0.4 is 16.4 Å². The van der Waals surface area contributed by atoms with Crippen molar-refractivity contribution >= 4 is 40.6 Å². The van der Waals surface area contributed by atoms with Crippen molar-refractivity contribution in [2.24, 2.45) is 5.73 Å². The molecule has 41 heavy (non-hydrogen) atoms. The predicted molar refractivity (Wildman–Crippen MR) is 149 cm³/mol. The average molecular weight is 564 g/mol. The van der Waals surface area contributed by atoms with E-state index in [1.54, 1.807) is 36.5 Å². The number of carbonyl (C=O) groups is 5. The molecule has 12 nitrogen and oxygen atoms in total. The molecule has 3 aromatic rings. The Hall–Kier alpha value is -4.71. The smallest absolute Gasteiger partial charge is 0.326 e. The maximum atomic E-state index is 13.5. The SMILES string of the molecule is N[C@@H](Cc1c[nH]c2ccccc12)C(=O)N[C@@H](CC(=O)O)C(=O)N1CCC[C@H]1C(=O)N[C@@H](Cc1ccccc1)C(=O)O. The number of nitrogens with one attached hydrogen (secondary N) is 3. The fraction of sp³-hybridized carbons (Fsp3) is 0.345. The van der Waals surface area contributed by atoms with Gasteiger partial charge >= 0.3 is 11.9 Å². The van der Waals surface area contributed by atoms with E-state index in [1.165, 1.54) is 4.90 Å². The van der Waals surface area contributed by atoms with Crippen molar-refractivity contribution in [1.29, 1.82) is 0 Å². The normalized spacial score (nSPS) is 17.0. The van der Waals surface area contributed by atoms with Crippen LogP contribution in [0.4, 0.5) is 0 Å². The molecule has 1 aliphatic heterocycles. The maximum absolute atomic E-state index is 13.5. The van der Waals surface area contributed by atoms with Gasteiger partial charge in [0.05, 0.1) is 12.5 Å². The number of aromatic nitrogens is 1. The molecule has 0 unspecified atom stereocenters. The van der Waals surface area contributed by atoms with Crippen molar-refractivity contribution in [1.82, 2.24) is 20.5 Å². The van der Waals surface area contributed by atoms with Gasteiger partial charge in [-0.15, -0.1) is 0 Å². The molecule has 2 aromatic carbocycles. The number of likely N-dealkylation sites (tertiary alicyclic amines) is 1. The Bertz CT molecular complexity index is 1420. The number of benzene rings is 2. The van der Waals surface area contributed by atoms with Crippen LogP contribution in [0, 0.1) is 0 Å². The second kappa shape index (κ2) is 13.1. The molecule has 0 spiro atoms. The molecule has 1 aromatic heterocycles. The second-order valence-electron chi connectivity index (χ2n) is 10.1. The minimum absolute atomic E-state index is 0.0502. The Morgan fingerprint density at radius 3 is 2.37 bits per heavy atom. The zero-order chi connectivity index (χ0) is 29.5. The van der Waals surface area contributed by atoms with Crippen LogP contribution in [0.3, 0.4) is 0 Å². The number of para-hydroxylation sites is 1. The zero-order valence-corrected chi connectivity index (χ0v) is 22.3. The fourth-order valence-corrected chi connectivity index (χ4v) is 5.10. The van der Waals surface area contributed by atoms with Crippen LogP contribution in [0.15, 0.2) is 60.8 Å². The Morgan fingerprint density at radius 2 is 1.66 bits per heavy atom. The summed E-state index contributed by atoms with van der Waals surface area (Å²) in [6, 6.07) is 11.6. The monoisotopic (exact) mass is 563 g/mol. The lowest BCUT2D eigenvalue weighted by Gasteiger charge is -2.29. The number of nitrogens with two attached hydrogens (primary N) is 1. The van der Waals surface area contributed by atoms with Crippen molar-refractivity contribution < 1.29 is 34.2 Å². The minimum Gasteiger partial charge on any atom is -0.481 e. The maximum Gasteiger partial charge on any atom is 0.326 e. The number of aromatic amines is 1. The van der Waals surface area contributed by atoms with Crippen LogP contribution in [0.5, 0.6) is 0 Å². The van der Waals surface area contributed by atoms with Gasteiger partial charge in [0, 0.05) is 30.1 Å². The number of H-pyrrole nitrogens is 1. The number of hydrogen-bond acceptors (Lipinski definition) is 6. The van der Waals surface area contributed by atoms with E-state index in [0.29, 0.717) is 12.0 Å². The summed E-state index contributed by atoms with van der Waals surface area (Å²) in [6.45, 7) is 0.153. The highest BCUT2D eigenvalue weighted by Crippen LogP contribution is 2.21. The Kier molecular flexibility index (Phi) is 9.35. The number of aliphatic carboxylic acids is 2. The summed E-state index contributed by atoms with van der Waals surface area (Å²) < 4.78 is 0. The van der Waals surface area contributed by atoms with Crippen molar-refractivity contribution in [3.05, 3.63) is 71.9 Å². The summed E-state index contributed by atoms with van der Waals surface area (Å²) in [6.07, 6.45) is 1.95. The van der Waals surface area contributed by atoms with Crippen LogP contribution >= 0.6 is 0 Å². The second-order valence-corrected chi connectivity index (χ2v) is 10.1. The van der Waals surface area contributed by atoms with E-state index < -0.39 is 60.2 Å². The van der Waals surface area contributed by atoms with Gasteiger partial charge < -0.3 is 36.5 Å². The first kappa shape index (κ1) is 29.3. The molecular weight excluding hydrogens is 530 g/mol. The van der Waals surface area contributed by atoms with Crippen LogP contribution in [0.2, 0.25) is 0 Å². The van der Waals surface area contributed by atoms with E-state index in [2.05, 4.69) is 15.6 Å². The molecule has 2 heterocycles. The number of fused-ring (bicyclic) bond motifs is 1. The highest BCUT2D eigenvalue weighted by Gasteiger charge is 2.39. The average Bonchev–Trinajstić information content (AvgIpc) is 3.60. The van der Waals surface area contributed by atoms with Crippen molar-refractivity contribution in [3.63, 3.8) is 0 Å². The quantitative estimate of drug-likeness (QED) is 0.186. The molecule has 4 atom stereocenters. The number of hydrogen-bond donors (Lipinski definition) is 6. The van der Waals surface area contributed by atoms with Gasteiger partial charge in [0.15, 0.2) is 0 Å². The van der Waals surface area contributed by atoms with E-state index in [-0.39, 0.29) is 25.8 Å². The van der Waals surface area contributed by atoms with Crippen LogP contribution in [0.1, 0.15) is 30.4 Å². The summed E-state index contributed by atoms with van der Waals surface area (Å²) in [5.41, 5.74) is 8.52. The number of carboxylic acids is 2. The van der Waals surface area contributed by atoms with Gasteiger partial charge in [0.1, 0.15) is 18.1 Å². The first-order valence-electron chi connectivity index (χ1n) is 13.3. The molecule has 7 N–H and O–H groups in total. The van der Waals surface area contributed by atoms with Gasteiger partial charge in [0.25, 0.3) is 0 Å². The van der Waals surface area contributed by atoms with E-state index in [9.17, 15) is 34.2 Å². The molecule has 1 fully saturated rings. The number of amides is 3. The Balaban J connectivity index is 1.43. The summed E-state index contributed by atoms with van der Waals surface area (Å²) in [5.74, 6) is -4.65. The highest BCUT2D eigenvalue weighted by atomic mass is 16.4. The zero-order valence-electron chi connectivity index (χ0n) is 22.3.